The first-order chi connectivity index (χ1) is 8.38. The Kier molecular flexibility index (Phi) is 3.61. The van der Waals surface area contributed by atoms with Gasteiger partial charge in [0.2, 0.25) is 0 Å². The molecule has 0 atom stereocenters. The largest absolute Gasteiger partial charge is 0.389 e. The van der Waals surface area contributed by atoms with Gasteiger partial charge in [-0.05, 0) is 19.9 Å². The number of carbonyl (C=O) groups excluding carboxylic acids is 1. The maximum atomic E-state index is 12.0. The Morgan fingerprint density at radius 2 is 2.11 bits per heavy atom. The lowest BCUT2D eigenvalue weighted by molar-refractivity contribution is 0.0696. The number of nitrogens with one attached hydrogen (secondary N) is 1. The summed E-state index contributed by atoms with van der Waals surface area (Å²) in [7, 11) is 0. The molecule has 0 spiro atoms. The number of hydrogen-bond donors (Lipinski definition) is 2. The Morgan fingerprint density at radius 1 is 1.44 bits per heavy atom. The summed E-state index contributed by atoms with van der Waals surface area (Å²) < 4.78 is 0.982. The summed E-state index contributed by atoms with van der Waals surface area (Å²) in [6.45, 7) is 3.47. The van der Waals surface area contributed by atoms with Gasteiger partial charge in [-0.2, -0.15) is 0 Å². The summed E-state index contributed by atoms with van der Waals surface area (Å²) in [6, 6.07) is 7.62. The summed E-state index contributed by atoms with van der Waals surface area (Å²) in [4.78, 5) is 12.5. The molecule has 0 fully saturated rings. The fraction of sp³-hybridized carbons (Fsp3) is 0.308. The quantitative estimate of drug-likeness (QED) is 0.909. The molecule has 1 aromatic carbocycles. The monoisotopic (exact) mass is 283 g/mol. The van der Waals surface area contributed by atoms with Crippen molar-refractivity contribution >= 4 is 38.9 Å². The number of rotatable bonds is 3. The van der Waals surface area contributed by atoms with Gasteiger partial charge in [-0.25, -0.2) is 0 Å². The third-order valence-electron chi connectivity index (χ3n) is 2.42. The summed E-state index contributed by atoms with van der Waals surface area (Å²) in [5, 5.41) is 13.6. The smallest absolute Gasteiger partial charge is 0.263 e. The van der Waals surface area contributed by atoms with Crippen LogP contribution in [-0.4, -0.2) is 23.2 Å². The molecule has 0 radical (unpaired) electrons. The molecule has 3 nitrogen and oxygen atoms in total. The minimum absolute atomic E-state index is 0.191. The van der Waals surface area contributed by atoms with Gasteiger partial charge in [0.1, 0.15) is 4.88 Å². The second-order valence-corrected chi connectivity index (χ2v) is 6.17. The Balaban J connectivity index is 2.26. The van der Waals surface area contributed by atoms with Crippen LogP contribution < -0.4 is 5.32 Å². The van der Waals surface area contributed by atoms with E-state index in [9.17, 15) is 9.90 Å². The summed E-state index contributed by atoms with van der Waals surface area (Å²) >= 11 is 7.55. The normalized spacial score (nSPS) is 11.8. The number of hydrogen-bond acceptors (Lipinski definition) is 3. The van der Waals surface area contributed by atoms with E-state index in [2.05, 4.69) is 5.32 Å². The number of amides is 1. The van der Waals surface area contributed by atoms with Crippen LogP contribution in [0.1, 0.15) is 23.5 Å². The van der Waals surface area contributed by atoms with Gasteiger partial charge < -0.3 is 10.4 Å². The maximum absolute atomic E-state index is 12.0. The van der Waals surface area contributed by atoms with E-state index in [1.54, 1.807) is 13.8 Å². The number of thiophene rings is 1. The zero-order chi connectivity index (χ0) is 13.3. The van der Waals surface area contributed by atoms with Crippen molar-refractivity contribution in [2.24, 2.45) is 0 Å². The first-order valence-corrected chi connectivity index (χ1v) is 6.75. The highest BCUT2D eigenvalue weighted by Crippen LogP contribution is 2.34. The fourth-order valence-corrected chi connectivity index (χ4v) is 2.97. The molecule has 5 heteroatoms. The van der Waals surface area contributed by atoms with E-state index in [0.717, 1.165) is 10.1 Å². The average Bonchev–Trinajstić information content (AvgIpc) is 2.64. The SMILES string of the molecule is CC(C)(O)CNC(=O)c1sc2ccccc2c1Cl. The van der Waals surface area contributed by atoms with Crippen LogP contribution in [0.4, 0.5) is 0 Å². The molecule has 2 N–H and O–H groups in total. The van der Waals surface area contributed by atoms with Crippen LogP contribution in [0.25, 0.3) is 10.1 Å². The highest BCUT2D eigenvalue weighted by Gasteiger charge is 2.19. The van der Waals surface area contributed by atoms with E-state index in [4.69, 9.17) is 11.6 Å². The predicted octanol–water partition coefficient (Wildman–Crippen LogP) is 3.06. The highest BCUT2D eigenvalue weighted by molar-refractivity contribution is 7.21. The minimum Gasteiger partial charge on any atom is -0.389 e. The molecule has 18 heavy (non-hydrogen) atoms. The summed E-state index contributed by atoms with van der Waals surface area (Å²) in [5.74, 6) is -0.247. The first kappa shape index (κ1) is 13.3. The third kappa shape index (κ3) is 2.83. The van der Waals surface area contributed by atoms with Crippen molar-refractivity contribution in [1.82, 2.24) is 5.32 Å². The molecule has 0 aliphatic carbocycles. The maximum Gasteiger partial charge on any atom is 0.263 e. The molecule has 0 aliphatic heterocycles. The molecule has 96 valence electrons. The summed E-state index contributed by atoms with van der Waals surface area (Å²) in [5.41, 5.74) is -0.932. The summed E-state index contributed by atoms with van der Waals surface area (Å²) in [6.07, 6.45) is 0. The number of benzene rings is 1. The molecule has 1 heterocycles. The zero-order valence-electron chi connectivity index (χ0n) is 10.2. The molecule has 1 aromatic heterocycles. The Bertz CT molecular complexity index is 586. The van der Waals surface area contributed by atoms with Crippen LogP contribution >= 0.6 is 22.9 Å². The Labute approximate surface area is 114 Å². The van der Waals surface area contributed by atoms with Crippen molar-refractivity contribution in [2.75, 3.05) is 6.54 Å². The predicted molar refractivity (Wildman–Crippen MR) is 75.5 cm³/mol. The van der Waals surface area contributed by atoms with E-state index < -0.39 is 5.60 Å². The van der Waals surface area contributed by atoms with E-state index >= 15 is 0 Å². The molecule has 0 bridgehead atoms. The molecule has 2 rings (SSSR count). The second kappa shape index (κ2) is 4.88. The van der Waals surface area contributed by atoms with Gasteiger partial charge in [0.15, 0.2) is 0 Å². The number of halogens is 1. The molecule has 2 aromatic rings. The van der Waals surface area contributed by atoms with Crippen molar-refractivity contribution in [3.05, 3.63) is 34.2 Å². The minimum atomic E-state index is -0.932. The third-order valence-corrected chi connectivity index (χ3v) is 4.10. The topological polar surface area (TPSA) is 49.3 Å². The first-order valence-electron chi connectivity index (χ1n) is 5.56. The van der Waals surface area contributed by atoms with Crippen molar-refractivity contribution in [3.63, 3.8) is 0 Å². The van der Waals surface area contributed by atoms with Crippen LogP contribution in [0.3, 0.4) is 0 Å². The van der Waals surface area contributed by atoms with Gasteiger partial charge in [0.25, 0.3) is 5.91 Å². The van der Waals surface area contributed by atoms with Crippen LogP contribution in [-0.2, 0) is 0 Å². The van der Waals surface area contributed by atoms with Crippen molar-refractivity contribution in [2.45, 2.75) is 19.4 Å². The Hall–Kier alpha value is -1.10. The number of carbonyl (C=O) groups is 1. The van der Waals surface area contributed by atoms with Gasteiger partial charge in [-0.15, -0.1) is 11.3 Å². The van der Waals surface area contributed by atoms with Crippen LogP contribution in [0, 0.1) is 0 Å². The molecule has 0 saturated heterocycles. The zero-order valence-corrected chi connectivity index (χ0v) is 11.7. The van der Waals surface area contributed by atoms with Gasteiger partial charge in [-0.3, -0.25) is 4.79 Å². The molecule has 0 aliphatic rings. The van der Waals surface area contributed by atoms with Gasteiger partial charge in [-0.1, -0.05) is 29.8 Å². The fourth-order valence-electron chi connectivity index (χ4n) is 1.54. The van der Waals surface area contributed by atoms with Gasteiger partial charge >= 0.3 is 0 Å². The molecule has 0 unspecified atom stereocenters. The molecule has 1 amide bonds. The van der Waals surface area contributed by atoms with Crippen LogP contribution in [0.5, 0.6) is 0 Å². The number of aliphatic hydroxyl groups is 1. The van der Waals surface area contributed by atoms with E-state index in [0.29, 0.717) is 9.90 Å². The molecule has 0 saturated carbocycles. The van der Waals surface area contributed by atoms with Crippen molar-refractivity contribution in [3.8, 4) is 0 Å². The van der Waals surface area contributed by atoms with E-state index in [1.807, 2.05) is 24.3 Å². The van der Waals surface area contributed by atoms with Gasteiger partial charge in [0, 0.05) is 16.6 Å². The lowest BCUT2D eigenvalue weighted by Crippen LogP contribution is -2.37. The van der Waals surface area contributed by atoms with Crippen LogP contribution in [0.2, 0.25) is 5.02 Å². The van der Waals surface area contributed by atoms with Crippen molar-refractivity contribution in [1.29, 1.82) is 0 Å². The van der Waals surface area contributed by atoms with Crippen LogP contribution in [0.15, 0.2) is 24.3 Å². The average molecular weight is 284 g/mol. The number of fused-ring (bicyclic) bond motifs is 1. The van der Waals surface area contributed by atoms with E-state index in [-0.39, 0.29) is 12.5 Å². The highest BCUT2D eigenvalue weighted by atomic mass is 35.5. The second-order valence-electron chi connectivity index (χ2n) is 4.74. The van der Waals surface area contributed by atoms with Crippen molar-refractivity contribution < 1.29 is 9.90 Å². The lowest BCUT2D eigenvalue weighted by atomic mass is 10.1. The van der Waals surface area contributed by atoms with E-state index in [1.165, 1.54) is 11.3 Å². The molecular weight excluding hydrogens is 270 g/mol. The van der Waals surface area contributed by atoms with Gasteiger partial charge in [0.05, 0.1) is 10.6 Å². The lowest BCUT2D eigenvalue weighted by Gasteiger charge is -2.17. The molecular formula is C13H14ClNO2S. The standard InChI is InChI=1S/C13H14ClNO2S/c1-13(2,17)7-15-12(16)11-10(14)8-5-3-4-6-9(8)18-11/h3-6,17H,7H2,1-2H3,(H,15,16). The Morgan fingerprint density at radius 3 is 2.72 bits per heavy atom.